The predicted octanol–water partition coefficient (Wildman–Crippen LogP) is 4.91. The summed E-state index contributed by atoms with van der Waals surface area (Å²) in [6, 6.07) is 3.13. The molecule has 0 aliphatic rings. The molecule has 0 atom stereocenters. The van der Waals surface area contributed by atoms with Crippen LogP contribution in [-0.2, 0) is 31.5 Å². The first-order valence-corrected chi connectivity index (χ1v) is 10.4. The zero-order valence-corrected chi connectivity index (χ0v) is 19.9. The molecule has 35 heavy (non-hydrogen) atoms. The van der Waals surface area contributed by atoms with Crippen LogP contribution in [0.2, 0.25) is 0 Å². The first-order valence-electron chi connectivity index (χ1n) is 9.25. The summed E-state index contributed by atoms with van der Waals surface area (Å²) in [6.45, 7) is 4.37. The van der Waals surface area contributed by atoms with Gasteiger partial charge in [0.25, 0.3) is 0 Å². The Balaban J connectivity index is -0.000000431. The highest BCUT2D eigenvalue weighted by atomic mass is 79.9. The maximum atomic E-state index is 12.2. The van der Waals surface area contributed by atoms with Crippen molar-refractivity contribution in [3.05, 3.63) is 58.1 Å². The number of nitrogens with one attached hydrogen (secondary N) is 1. The summed E-state index contributed by atoms with van der Waals surface area (Å²) in [5.74, 6) is 0.0154. The molecule has 0 unspecified atom stereocenters. The van der Waals surface area contributed by atoms with Gasteiger partial charge in [-0.05, 0) is 25.0 Å². The van der Waals surface area contributed by atoms with Crippen LogP contribution in [0, 0.1) is 0 Å². The molecule has 2 aromatic heterocycles. The van der Waals surface area contributed by atoms with Gasteiger partial charge in [-0.3, -0.25) is 4.79 Å². The lowest BCUT2D eigenvalue weighted by Gasteiger charge is -2.08. The smallest absolute Gasteiger partial charge is 0.416 e. The third-order valence-corrected chi connectivity index (χ3v) is 3.60. The molecule has 0 amide bonds. The molecule has 0 aliphatic heterocycles. The minimum atomic E-state index is -4.44. The second-order valence-corrected chi connectivity index (χ2v) is 6.32. The summed E-state index contributed by atoms with van der Waals surface area (Å²) in [5.41, 5.74) is -2.42. The number of rotatable bonds is 4. The van der Waals surface area contributed by atoms with E-state index in [1.54, 1.807) is 0 Å². The number of pyridine rings is 2. The van der Waals surface area contributed by atoms with Gasteiger partial charge in [-0.25, -0.2) is 4.98 Å². The van der Waals surface area contributed by atoms with Crippen LogP contribution in [0.5, 0.6) is 5.88 Å². The van der Waals surface area contributed by atoms with E-state index in [1.807, 2.05) is 6.92 Å². The number of alkyl halides is 7. The topological polar surface area (TPSA) is 123 Å². The van der Waals surface area contributed by atoms with E-state index in [1.165, 1.54) is 6.42 Å². The Bertz CT molecular complexity index is 924. The van der Waals surface area contributed by atoms with E-state index >= 15 is 0 Å². The molecule has 2 aromatic rings. The molecule has 0 radical (unpaired) electrons. The Hall–Kier alpha value is -3.28. The number of aromatic amines is 1. The fraction of sp³-hybridized carbons (Fsp3) is 0.400. The Kier molecular flexibility index (Phi) is 22.1. The van der Waals surface area contributed by atoms with Gasteiger partial charge < -0.3 is 9.72 Å². The molecule has 2 heterocycles. The molecular formula is C20H21BrF6N2O6. The number of ether oxygens (including phenoxy) is 1. The summed E-state index contributed by atoms with van der Waals surface area (Å²) in [5, 5.41) is 1.13. The lowest BCUT2D eigenvalue weighted by molar-refractivity contribution is -0.193. The van der Waals surface area contributed by atoms with Crippen molar-refractivity contribution in [3.63, 3.8) is 0 Å². The third kappa shape index (κ3) is 22.3. The largest absolute Gasteiger partial charge is 0.478 e. The molecule has 0 saturated carbocycles. The minimum Gasteiger partial charge on any atom is -0.478 e. The van der Waals surface area contributed by atoms with Crippen molar-refractivity contribution in [2.24, 2.45) is 0 Å². The predicted molar refractivity (Wildman–Crippen MR) is 111 cm³/mol. The van der Waals surface area contributed by atoms with Crippen LogP contribution in [0.3, 0.4) is 0 Å². The quantitative estimate of drug-likeness (QED) is 0.404. The van der Waals surface area contributed by atoms with Crippen LogP contribution in [-0.4, -0.2) is 34.2 Å². The number of halogens is 7. The van der Waals surface area contributed by atoms with E-state index < -0.39 is 29.0 Å². The van der Waals surface area contributed by atoms with Crippen LogP contribution < -0.4 is 10.3 Å². The average molecular weight is 579 g/mol. The molecule has 15 heteroatoms. The number of nitrogens with zero attached hydrogens (tertiary/aromatic N) is 1. The van der Waals surface area contributed by atoms with E-state index in [0.717, 1.165) is 42.3 Å². The van der Waals surface area contributed by atoms with Crippen LogP contribution in [0.25, 0.3) is 0 Å². The van der Waals surface area contributed by atoms with E-state index in [4.69, 9.17) is 23.9 Å². The summed E-state index contributed by atoms with van der Waals surface area (Å²) < 4.78 is 77.0. The highest BCUT2D eigenvalue weighted by Crippen LogP contribution is 2.30. The van der Waals surface area contributed by atoms with E-state index in [2.05, 4.69) is 32.8 Å². The first-order chi connectivity index (χ1) is 16.3. The van der Waals surface area contributed by atoms with Crippen molar-refractivity contribution in [3.8, 4) is 5.88 Å². The molecule has 8 nitrogen and oxygen atoms in total. The van der Waals surface area contributed by atoms with E-state index in [0.29, 0.717) is 12.7 Å². The van der Waals surface area contributed by atoms with E-state index in [9.17, 15) is 31.1 Å². The Morgan fingerprint density at radius 1 is 0.914 bits per heavy atom. The van der Waals surface area contributed by atoms with Gasteiger partial charge in [0.1, 0.15) is 0 Å². The van der Waals surface area contributed by atoms with Gasteiger partial charge in [0, 0.05) is 29.9 Å². The van der Waals surface area contributed by atoms with Crippen molar-refractivity contribution in [1.82, 2.24) is 9.97 Å². The number of hydrogen-bond acceptors (Lipinski definition) is 7. The SMILES string of the molecule is CCCBr.CCCOc1cc(C(F)(F)F)ccn1.O=C=O.O=C=O.O=c1cc(C(F)(F)F)cc[nH]1. The number of H-pyrrole nitrogens is 1. The van der Waals surface area contributed by atoms with Gasteiger partial charge in [0.05, 0.1) is 17.7 Å². The summed E-state index contributed by atoms with van der Waals surface area (Å²) >= 11 is 3.25. The van der Waals surface area contributed by atoms with E-state index in [-0.39, 0.29) is 18.2 Å². The van der Waals surface area contributed by atoms with Crippen LogP contribution in [0.1, 0.15) is 37.8 Å². The minimum absolute atomic E-state index is 0.0154. The van der Waals surface area contributed by atoms with Gasteiger partial charge in [-0.1, -0.05) is 29.8 Å². The van der Waals surface area contributed by atoms with Crippen LogP contribution in [0.15, 0.2) is 41.5 Å². The highest BCUT2D eigenvalue weighted by molar-refractivity contribution is 9.09. The summed E-state index contributed by atoms with van der Waals surface area (Å²) in [4.78, 5) is 48.6. The van der Waals surface area contributed by atoms with Gasteiger partial charge in [0.15, 0.2) is 0 Å². The monoisotopic (exact) mass is 578 g/mol. The molecular weight excluding hydrogens is 558 g/mol. The van der Waals surface area contributed by atoms with Gasteiger partial charge in [0.2, 0.25) is 11.4 Å². The lowest BCUT2D eigenvalue weighted by atomic mass is 10.2. The summed E-state index contributed by atoms with van der Waals surface area (Å²) in [7, 11) is 0. The molecule has 196 valence electrons. The van der Waals surface area contributed by atoms with Crippen LogP contribution in [0.4, 0.5) is 26.3 Å². The van der Waals surface area contributed by atoms with Crippen molar-refractivity contribution in [2.75, 3.05) is 11.9 Å². The molecule has 1 N–H and O–H groups in total. The molecule has 0 spiro atoms. The zero-order chi connectivity index (χ0) is 27.9. The Morgan fingerprint density at radius 2 is 1.37 bits per heavy atom. The standard InChI is InChI=1S/C9H10F3NO.C6H4F3NO.C3H7Br.2CO2/c1-2-5-14-8-6-7(3-4-13-8)9(10,11)12;7-6(8,9)4-1-2-10-5(11)3-4;1-2-3-4;2*2-1-3/h3-4,6H,2,5H2,1H3;1-3H,(H,10,11);2-3H2,1H3;;. The number of carbonyl (C=O) groups excluding carboxylic acids is 4. The maximum absolute atomic E-state index is 12.2. The van der Waals surface area contributed by atoms with Gasteiger partial charge >= 0.3 is 24.7 Å². The number of aromatic nitrogens is 2. The second kappa shape index (κ2) is 21.3. The molecule has 0 aromatic carbocycles. The second-order valence-electron chi connectivity index (χ2n) is 5.52. The Labute approximate surface area is 203 Å². The van der Waals surface area contributed by atoms with Crippen molar-refractivity contribution in [1.29, 1.82) is 0 Å². The average Bonchev–Trinajstić information content (AvgIpc) is 2.78. The Morgan fingerprint density at radius 3 is 1.71 bits per heavy atom. The van der Waals surface area contributed by atoms with Crippen molar-refractivity contribution < 1.29 is 50.3 Å². The van der Waals surface area contributed by atoms with Crippen molar-refractivity contribution in [2.45, 2.75) is 39.0 Å². The highest BCUT2D eigenvalue weighted by Gasteiger charge is 2.31. The zero-order valence-electron chi connectivity index (χ0n) is 18.3. The maximum Gasteiger partial charge on any atom is 0.416 e. The fourth-order valence-corrected chi connectivity index (χ4v) is 1.49. The van der Waals surface area contributed by atoms with Crippen LogP contribution >= 0.6 is 15.9 Å². The number of hydrogen-bond donors (Lipinski definition) is 1. The third-order valence-electron chi connectivity index (χ3n) is 2.81. The van der Waals surface area contributed by atoms with Crippen molar-refractivity contribution >= 4 is 28.2 Å². The van der Waals surface area contributed by atoms with Gasteiger partial charge in [-0.15, -0.1) is 0 Å². The van der Waals surface area contributed by atoms with Gasteiger partial charge in [-0.2, -0.15) is 45.5 Å². The summed E-state index contributed by atoms with van der Waals surface area (Å²) in [6.07, 6.45) is -4.25. The molecule has 2 rings (SSSR count). The lowest BCUT2D eigenvalue weighted by Crippen LogP contribution is -2.11. The normalized spacial score (nSPS) is 9.51. The molecule has 0 bridgehead atoms. The molecule has 0 aliphatic carbocycles. The fourth-order valence-electron chi connectivity index (χ4n) is 1.49. The first kappa shape index (κ1) is 36.3. The molecule has 0 saturated heterocycles. The molecule has 0 fully saturated rings.